The smallest absolute Gasteiger partial charge is 0.358 e. The molecule has 0 bridgehead atoms. The average Bonchev–Trinajstić information content (AvgIpc) is 2.29. The summed E-state index contributed by atoms with van der Waals surface area (Å²) >= 11 is 3.71. The first-order valence-corrected chi connectivity index (χ1v) is 9.01. The first kappa shape index (κ1) is 15.7. The molecule has 0 aromatic heterocycles. The number of rotatable bonds is 8. The van der Waals surface area contributed by atoms with Gasteiger partial charge in [0.2, 0.25) is 0 Å². The Hall–Kier alpha value is -0.400. The van der Waals surface area contributed by atoms with E-state index in [0.717, 1.165) is 28.6 Å². The molecule has 0 aliphatic rings. The molecule has 1 aromatic carbocycles. The molecule has 0 amide bonds. The zero-order chi connectivity index (χ0) is 13.4. The number of thioether (sulfide) groups is 2. The van der Waals surface area contributed by atoms with Crippen LogP contribution in [0.15, 0.2) is 24.3 Å². The second-order valence-electron chi connectivity index (χ2n) is 3.37. The highest BCUT2D eigenvalue weighted by Crippen LogP contribution is 2.19. The maximum Gasteiger partial charge on any atom is 0.488 e. The van der Waals surface area contributed by atoms with E-state index in [0.29, 0.717) is 0 Å². The molecule has 0 unspecified atom stereocenters. The molecule has 0 aliphatic carbocycles. The standard InChI is InChI=1S/C11H15FO3S3/c1-2-16-7-8-17-9-10-3-5-11(6-4-10)15-18(12,13)14/h3-6H,2,7-9H2,1H3. The lowest BCUT2D eigenvalue weighted by atomic mass is 10.2. The number of hydrogen-bond donors (Lipinski definition) is 0. The van der Waals surface area contributed by atoms with Crippen LogP contribution in [0.3, 0.4) is 0 Å². The van der Waals surface area contributed by atoms with Gasteiger partial charge in [-0.2, -0.15) is 31.9 Å². The van der Waals surface area contributed by atoms with Gasteiger partial charge in [0, 0.05) is 17.3 Å². The zero-order valence-electron chi connectivity index (χ0n) is 9.97. The van der Waals surface area contributed by atoms with Gasteiger partial charge in [0.1, 0.15) is 5.75 Å². The number of benzene rings is 1. The van der Waals surface area contributed by atoms with E-state index >= 15 is 0 Å². The third-order valence-electron chi connectivity index (χ3n) is 1.96. The predicted octanol–water partition coefficient (Wildman–Crippen LogP) is 3.27. The van der Waals surface area contributed by atoms with Crippen molar-refractivity contribution in [1.82, 2.24) is 0 Å². The second kappa shape index (κ2) is 7.91. The number of halogens is 1. The van der Waals surface area contributed by atoms with Crippen molar-refractivity contribution >= 4 is 34.0 Å². The molecule has 102 valence electrons. The molecule has 7 heteroatoms. The topological polar surface area (TPSA) is 43.4 Å². The minimum atomic E-state index is -4.93. The van der Waals surface area contributed by atoms with Crippen LogP contribution in [0.1, 0.15) is 12.5 Å². The SMILES string of the molecule is CCSCCSCc1ccc(OS(=O)(=O)F)cc1. The van der Waals surface area contributed by atoms with Crippen molar-refractivity contribution in [2.45, 2.75) is 12.7 Å². The van der Waals surface area contributed by atoms with Crippen LogP contribution in [-0.2, 0) is 16.3 Å². The predicted molar refractivity (Wildman–Crippen MR) is 76.3 cm³/mol. The Morgan fingerprint density at radius 2 is 1.78 bits per heavy atom. The molecule has 0 atom stereocenters. The molecule has 1 rings (SSSR count). The largest absolute Gasteiger partial charge is 0.488 e. The van der Waals surface area contributed by atoms with Gasteiger partial charge in [-0.25, -0.2) is 0 Å². The molecule has 0 N–H and O–H groups in total. The molecule has 0 fully saturated rings. The summed E-state index contributed by atoms with van der Waals surface area (Å²) in [5.74, 6) is 4.18. The van der Waals surface area contributed by atoms with E-state index in [-0.39, 0.29) is 5.75 Å². The molecule has 0 spiro atoms. The molecular weight excluding hydrogens is 295 g/mol. The highest BCUT2D eigenvalue weighted by atomic mass is 32.3. The number of hydrogen-bond acceptors (Lipinski definition) is 5. The van der Waals surface area contributed by atoms with Gasteiger partial charge < -0.3 is 4.18 Å². The molecule has 0 saturated heterocycles. The van der Waals surface area contributed by atoms with Crippen LogP contribution in [0.25, 0.3) is 0 Å². The van der Waals surface area contributed by atoms with Gasteiger partial charge in [-0.05, 0) is 23.4 Å². The van der Waals surface area contributed by atoms with Crippen molar-refractivity contribution in [2.75, 3.05) is 17.3 Å². The fourth-order valence-electron chi connectivity index (χ4n) is 1.21. The normalized spacial score (nSPS) is 11.4. The van der Waals surface area contributed by atoms with Gasteiger partial charge in [-0.3, -0.25) is 0 Å². The highest BCUT2D eigenvalue weighted by Gasteiger charge is 2.08. The zero-order valence-corrected chi connectivity index (χ0v) is 12.4. The fraction of sp³-hybridized carbons (Fsp3) is 0.455. The summed E-state index contributed by atoms with van der Waals surface area (Å²) in [6.07, 6.45) is 0. The monoisotopic (exact) mass is 310 g/mol. The van der Waals surface area contributed by atoms with Gasteiger partial charge >= 0.3 is 10.5 Å². The third kappa shape index (κ3) is 7.13. The van der Waals surface area contributed by atoms with Gasteiger partial charge in [0.15, 0.2) is 0 Å². The Labute approximate surface area is 116 Å². The highest BCUT2D eigenvalue weighted by molar-refractivity contribution is 8.02. The first-order valence-electron chi connectivity index (χ1n) is 5.40. The van der Waals surface area contributed by atoms with E-state index in [4.69, 9.17) is 0 Å². The summed E-state index contributed by atoms with van der Waals surface area (Å²) in [7, 11) is -4.93. The van der Waals surface area contributed by atoms with Gasteiger partial charge in [-0.1, -0.05) is 22.9 Å². The van der Waals surface area contributed by atoms with Crippen LogP contribution in [0.5, 0.6) is 5.75 Å². The summed E-state index contributed by atoms with van der Waals surface area (Å²) in [5, 5.41) is 0. The van der Waals surface area contributed by atoms with Crippen LogP contribution < -0.4 is 4.18 Å². The Bertz CT molecular complexity index is 445. The molecule has 18 heavy (non-hydrogen) atoms. The van der Waals surface area contributed by atoms with Crippen LogP contribution in [0.4, 0.5) is 3.89 Å². The van der Waals surface area contributed by atoms with Crippen LogP contribution in [0.2, 0.25) is 0 Å². The Morgan fingerprint density at radius 3 is 2.33 bits per heavy atom. The van der Waals surface area contributed by atoms with E-state index in [1.165, 1.54) is 12.1 Å². The Kier molecular flexibility index (Phi) is 6.88. The quantitative estimate of drug-likeness (QED) is 0.544. The van der Waals surface area contributed by atoms with Crippen LogP contribution in [-0.4, -0.2) is 25.7 Å². The van der Waals surface area contributed by atoms with Crippen molar-refractivity contribution in [2.24, 2.45) is 0 Å². The maximum atomic E-state index is 12.2. The van der Waals surface area contributed by atoms with Crippen LogP contribution in [0, 0.1) is 0 Å². The van der Waals surface area contributed by atoms with E-state index in [9.17, 15) is 12.3 Å². The second-order valence-corrected chi connectivity index (χ2v) is 6.82. The third-order valence-corrected chi connectivity index (χ3v) is 4.55. The van der Waals surface area contributed by atoms with E-state index in [1.54, 1.807) is 12.1 Å². The first-order chi connectivity index (χ1) is 8.51. The summed E-state index contributed by atoms with van der Waals surface area (Å²) < 4.78 is 36.9. The van der Waals surface area contributed by atoms with Crippen molar-refractivity contribution in [3.05, 3.63) is 29.8 Å². The Balaban J connectivity index is 2.36. The molecular formula is C11H15FO3S3. The van der Waals surface area contributed by atoms with Gasteiger partial charge in [0.05, 0.1) is 0 Å². The van der Waals surface area contributed by atoms with E-state index in [2.05, 4.69) is 11.1 Å². The fourth-order valence-corrected chi connectivity index (χ4v) is 3.35. The van der Waals surface area contributed by atoms with Crippen molar-refractivity contribution < 1.29 is 16.5 Å². The van der Waals surface area contributed by atoms with Crippen molar-refractivity contribution in [3.8, 4) is 5.75 Å². The minimum absolute atomic E-state index is 0.00668. The molecule has 0 heterocycles. The molecule has 3 nitrogen and oxygen atoms in total. The molecule has 1 aromatic rings. The molecule has 0 aliphatic heterocycles. The summed E-state index contributed by atoms with van der Waals surface area (Å²) in [5.41, 5.74) is 1.06. The minimum Gasteiger partial charge on any atom is -0.358 e. The van der Waals surface area contributed by atoms with Crippen LogP contribution >= 0.6 is 23.5 Å². The lowest BCUT2D eigenvalue weighted by Gasteiger charge is -2.03. The van der Waals surface area contributed by atoms with Crippen molar-refractivity contribution in [1.29, 1.82) is 0 Å². The summed E-state index contributed by atoms with van der Waals surface area (Å²) in [4.78, 5) is 0. The lowest BCUT2D eigenvalue weighted by molar-refractivity contribution is 0.440. The van der Waals surface area contributed by atoms with E-state index in [1.807, 2.05) is 23.5 Å². The summed E-state index contributed by atoms with van der Waals surface area (Å²) in [6, 6.07) is 6.38. The molecule has 0 saturated carbocycles. The maximum absolute atomic E-state index is 12.2. The Morgan fingerprint density at radius 1 is 1.17 bits per heavy atom. The molecule has 0 radical (unpaired) electrons. The van der Waals surface area contributed by atoms with Crippen molar-refractivity contribution in [3.63, 3.8) is 0 Å². The lowest BCUT2D eigenvalue weighted by Crippen LogP contribution is -2.00. The average molecular weight is 310 g/mol. The van der Waals surface area contributed by atoms with E-state index < -0.39 is 10.5 Å². The summed E-state index contributed by atoms with van der Waals surface area (Å²) in [6.45, 7) is 2.13. The van der Waals surface area contributed by atoms with Gasteiger partial charge in [-0.15, -0.1) is 0 Å². The van der Waals surface area contributed by atoms with Gasteiger partial charge in [0.25, 0.3) is 0 Å².